The first-order chi connectivity index (χ1) is 11.6. The van der Waals surface area contributed by atoms with Crippen molar-refractivity contribution in [3.8, 4) is 5.75 Å². The Balaban J connectivity index is 1.93. The van der Waals surface area contributed by atoms with E-state index < -0.39 is 0 Å². The highest BCUT2D eigenvalue weighted by Gasteiger charge is 2.11. The molecule has 5 nitrogen and oxygen atoms in total. The third kappa shape index (κ3) is 3.01. The Bertz CT molecular complexity index is 960. The van der Waals surface area contributed by atoms with Crippen molar-refractivity contribution >= 4 is 22.5 Å². The number of aryl methyl sites for hydroxylation is 1. The van der Waals surface area contributed by atoms with Crippen LogP contribution in [0.5, 0.6) is 5.75 Å². The highest BCUT2D eigenvalue weighted by molar-refractivity contribution is 5.93. The second-order valence-electron chi connectivity index (χ2n) is 5.52. The number of methoxy groups -OCH3 is 1. The predicted octanol–water partition coefficient (Wildman–Crippen LogP) is 2.96. The molecule has 0 aliphatic carbocycles. The Labute approximate surface area is 139 Å². The van der Waals surface area contributed by atoms with Gasteiger partial charge in [0.1, 0.15) is 12.3 Å². The van der Waals surface area contributed by atoms with Gasteiger partial charge >= 0.3 is 0 Å². The number of benzene rings is 2. The van der Waals surface area contributed by atoms with Gasteiger partial charge in [0.25, 0.3) is 5.56 Å². The molecule has 0 unspecified atom stereocenters. The molecular formula is C19H18N2O3. The first-order valence-corrected chi connectivity index (χ1v) is 7.62. The summed E-state index contributed by atoms with van der Waals surface area (Å²) in [6, 6.07) is 16.3. The molecule has 0 aliphatic heterocycles. The van der Waals surface area contributed by atoms with Gasteiger partial charge in [-0.05, 0) is 30.7 Å². The minimum Gasteiger partial charge on any atom is -0.495 e. The monoisotopic (exact) mass is 322 g/mol. The molecule has 0 spiro atoms. The van der Waals surface area contributed by atoms with Crippen molar-refractivity contribution in [2.24, 2.45) is 0 Å². The van der Waals surface area contributed by atoms with Crippen molar-refractivity contribution in [2.45, 2.75) is 13.5 Å². The topological polar surface area (TPSA) is 60.3 Å². The fourth-order valence-corrected chi connectivity index (χ4v) is 2.75. The molecule has 1 aromatic heterocycles. The van der Waals surface area contributed by atoms with Crippen LogP contribution in [0.4, 0.5) is 5.69 Å². The first-order valence-electron chi connectivity index (χ1n) is 7.62. The number of carbonyl (C=O) groups is 1. The standard InChI is InChI=1S/C19H18N2O3/c1-13-11-19(23)21(16-9-5-3-7-14(13)16)12-18(22)20-15-8-4-6-10-17(15)24-2/h3-11H,12H2,1-2H3,(H,20,22). The van der Waals surface area contributed by atoms with Crippen LogP contribution in [0.3, 0.4) is 0 Å². The van der Waals surface area contributed by atoms with E-state index in [1.807, 2.05) is 43.3 Å². The zero-order valence-electron chi connectivity index (χ0n) is 13.6. The zero-order valence-corrected chi connectivity index (χ0v) is 13.6. The molecule has 0 aliphatic rings. The van der Waals surface area contributed by atoms with E-state index in [0.29, 0.717) is 11.4 Å². The van der Waals surface area contributed by atoms with Crippen LogP contribution < -0.4 is 15.6 Å². The fraction of sp³-hybridized carbons (Fsp3) is 0.158. The highest BCUT2D eigenvalue weighted by atomic mass is 16.5. The van der Waals surface area contributed by atoms with Crippen LogP contribution in [-0.4, -0.2) is 17.6 Å². The molecule has 1 amide bonds. The van der Waals surface area contributed by atoms with Crippen molar-refractivity contribution < 1.29 is 9.53 Å². The second-order valence-corrected chi connectivity index (χ2v) is 5.52. The maximum atomic E-state index is 12.4. The number of aromatic nitrogens is 1. The minimum atomic E-state index is -0.282. The van der Waals surface area contributed by atoms with E-state index in [1.54, 1.807) is 25.3 Å². The predicted molar refractivity (Wildman–Crippen MR) is 94.6 cm³/mol. The molecule has 0 radical (unpaired) electrons. The van der Waals surface area contributed by atoms with Gasteiger partial charge in [-0.15, -0.1) is 0 Å². The number of anilines is 1. The van der Waals surface area contributed by atoms with E-state index in [9.17, 15) is 9.59 Å². The third-order valence-electron chi connectivity index (χ3n) is 3.91. The van der Waals surface area contributed by atoms with E-state index >= 15 is 0 Å². The van der Waals surface area contributed by atoms with Gasteiger partial charge in [0, 0.05) is 11.5 Å². The van der Waals surface area contributed by atoms with Crippen LogP contribution in [0.25, 0.3) is 10.9 Å². The maximum absolute atomic E-state index is 12.4. The minimum absolute atomic E-state index is 0.0579. The van der Waals surface area contributed by atoms with Crippen molar-refractivity contribution in [3.63, 3.8) is 0 Å². The summed E-state index contributed by atoms with van der Waals surface area (Å²) < 4.78 is 6.70. The van der Waals surface area contributed by atoms with Crippen molar-refractivity contribution in [2.75, 3.05) is 12.4 Å². The number of carbonyl (C=O) groups excluding carboxylic acids is 1. The number of nitrogens with one attached hydrogen (secondary N) is 1. The average molecular weight is 322 g/mol. The van der Waals surface area contributed by atoms with Gasteiger partial charge in [0.2, 0.25) is 5.91 Å². The van der Waals surface area contributed by atoms with E-state index in [0.717, 1.165) is 16.5 Å². The molecule has 0 bridgehead atoms. The molecule has 0 atom stereocenters. The average Bonchev–Trinajstić information content (AvgIpc) is 2.59. The zero-order chi connectivity index (χ0) is 17.1. The number of fused-ring (bicyclic) bond motifs is 1. The summed E-state index contributed by atoms with van der Waals surface area (Å²) in [6.07, 6.45) is 0. The Hall–Kier alpha value is -3.08. The molecule has 5 heteroatoms. The van der Waals surface area contributed by atoms with Gasteiger partial charge in [-0.25, -0.2) is 0 Å². The van der Waals surface area contributed by atoms with Crippen LogP contribution in [-0.2, 0) is 11.3 Å². The van der Waals surface area contributed by atoms with Gasteiger partial charge in [-0.3, -0.25) is 14.2 Å². The number of rotatable bonds is 4. The maximum Gasteiger partial charge on any atom is 0.251 e. The lowest BCUT2D eigenvalue weighted by Crippen LogP contribution is -2.28. The van der Waals surface area contributed by atoms with Crippen LogP contribution >= 0.6 is 0 Å². The first kappa shape index (κ1) is 15.8. The molecule has 122 valence electrons. The Morgan fingerprint density at radius 3 is 2.62 bits per heavy atom. The molecule has 1 heterocycles. The van der Waals surface area contributed by atoms with E-state index in [2.05, 4.69) is 5.32 Å². The SMILES string of the molecule is COc1ccccc1NC(=O)Cn1c(=O)cc(C)c2ccccc21. The molecule has 0 saturated carbocycles. The molecule has 24 heavy (non-hydrogen) atoms. The smallest absolute Gasteiger partial charge is 0.251 e. The van der Waals surface area contributed by atoms with Crippen LogP contribution in [0.1, 0.15) is 5.56 Å². The normalized spacial score (nSPS) is 10.6. The van der Waals surface area contributed by atoms with Gasteiger partial charge in [-0.2, -0.15) is 0 Å². The summed E-state index contributed by atoms with van der Waals surface area (Å²) in [7, 11) is 1.54. The second kappa shape index (κ2) is 6.58. The summed E-state index contributed by atoms with van der Waals surface area (Å²) in [5.74, 6) is 0.294. The number of hydrogen-bond acceptors (Lipinski definition) is 3. The fourth-order valence-electron chi connectivity index (χ4n) is 2.75. The number of pyridine rings is 1. The van der Waals surface area contributed by atoms with Gasteiger partial charge in [0.15, 0.2) is 0 Å². The molecule has 0 fully saturated rings. The summed E-state index contributed by atoms with van der Waals surface area (Å²) in [6.45, 7) is 1.83. The summed E-state index contributed by atoms with van der Waals surface area (Å²) >= 11 is 0. The third-order valence-corrected chi connectivity index (χ3v) is 3.91. The molecule has 2 aromatic carbocycles. The van der Waals surface area contributed by atoms with E-state index in [4.69, 9.17) is 4.74 Å². The summed E-state index contributed by atoms with van der Waals surface area (Å²) in [5, 5.41) is 3.75. The van der Waals surface area contributed by atoms with E-state index in [-0.39, 0.29) is 18.0 Å². The van der Waals surface area contributed by atoms with Crippen LogP contribution in [0, 0.1) is 6.92 Å². The summed E-state index contributed by atoms with van der Waals surface area (Å²) in [5.41, 5.74) is 2.03. The highest BCUT2D eigenvalue weighted by Crippen LogP contribution is 2.23. The van der Waals surface area contributed by atoms with Gasteiger partial charge < -0.3 is 10.1 Å². The summed E-state index contributed by atoms with van der Waals surface area (Å²) in [4.78, 5) is 24.7. The number of amides is 1. The molecule has 3 aromatic rings. The molecular weight excluding hydrogens is 304 g/mol. The van der Waals surface area contributed by atoms with Crippen LogP contribution in [0.2, 0.25) is 0 Å². The van der Waals surface area contributed by atoms with Crippen molar-refractivity contribution in [1.82, 2.24) is 4.57 Å². The number of nitrogens with zero attached hydrogens (tertiary/aromatic N) is 1. The Morgan fingerprint density at radius 2 is 1.83 bits per heavy atom. The lowest BCUT2D eigenvalue weighted by atomic mass is 10.1. The van der Waals surface area contributed by atoms with Crippen LogP contribution in [0.15, 0.2) is 59.4 Å². The molecule has 0 saturated heterocycles. The lowest BCUT2D eigenvalue weighted by Gasteiger charge is -2.13. The van der Waals surface area contributed by atoms with Crippen molar-refractivity contribution in [3.05, 3.63) is 70.5 Å². The largest absolute Gasteiger partial charge is 0.495 e. The Morgan fingerprint density at radius 1 is 1.12 bits per heavy atom. The number of ether oxygens (including phenoxy) is 1. The number of para-hydroxylation sites is 3. The lowest BCUT2D eigenvalue weighted by molar-refractivity contribution is -0.116. The quantitative estimate of drug-likeness (QED) is 0.803. The van der Waals surface area contributed by atoms with Gasteiger partial charge in [-0.1, -0.05) is 30.3 Å². The van der Waals surface area contributed by atoms with E-state index in [1.165, 1.54) is 4.57 Å². The molecule has 3 rings (SSSR count). The van der Waals surface area contributed by atoms with Gasteiger partial charge in [0.05, 0.1) is 18.3 Å². The Kier molecular flexibility index (Phi) is 4.33. The van der Waals surface area contributed by atoms with Crippen molar-refractivity contribution in [1.29, 1.82) is 0 Å². The number of hydrogen-bond donors (Lipinski definition) is 1. The molecule has 1 N–H and O–H groups in total.